The van der Waals surface area contributed by atoms with Crippen molar-refractivity contribution in [3.63, 3.8) is 0 Å². The molecular formula is C26H35NO4S. The molecule has 2 aliphatic rings. The topological polar surface area (TPSA) is 76.0 Å². The van der Waals surface area contributed by atoms with Gasteiger partial charge in [-0.15, -0.1) is 0 Å². The van der Waals surface area contributed by atoms with E-state index in [0.717, 1.165) is 48.7 Å². The van der Waals surface area contributed by atoms with Crippen molar-refractivity contribution in [1.82, 2.24) is 0 Å². The molecule has 0 bridgehead atoms. The van der Waals surface area contributed by atoms with Crippen LogP contribution in [-0.4, -0.2) is 27.5 Å². The van der Waals surface area contributed by atoms with Gasteiger partial charge in [-0.3, -0.25) is 9.59 Å². The fraction of sp³-hybridized carbons (Fsp3) is 0.577. The number of Topliss-reactive ketones (excluding diaryl/α,β-unsaturated/α-hetero) is 1. The van der Waals surface area contributed by atoms with Crippen LogP contribution in [0.15, 0.2) is 46.8 Å². The van der Waals surface area contributed by atoms with Crippen LogP contribution in [-0.2, 0) is 21.0 Å². The largest absolute Gasteiger partial charge is 0.511 e. The Hall–Kier alpha value is -2.08. The number of aliphatic hydroxyl groups is 1. The second-order valence-electron chi connectivity index (χ2n) is 8.77. The van der Waals surface area contributed by atoms with Crippen LogP contribution < -0.4 is 0 Å². The molecule has 1 N–H and O–H groups in total. The lowest BCUT2D eigenvalue weighted by Crippen LogP contribution is -2.17. The molecule has 1 aromatic rings. The third-order valence-electron chi connectivity index (χ3n) is 6.30. The number of aliphatic hydroxyl groups excluding tert-OH is 1. The van der Waals surface area contributed by atoms with Gasteiger partial charge in [0.25, 0.3) is 0 Å². The van der Waals surface area contributed by atoms with E-state index in [1.54, 1.807) is 0 Å². The minimum Gasteiger partial charge on any atom is -0.511 e. The van der Waals surface area contributed by atoms with Crippen molar-refractivity contribution < 1.29 is 19.5 Å². The normalized spacial score (nSPS) is 24.1. The molecule has 1 aromatic carbocycles. The highest BCUT2D eigenvalue weighted by molar-refractivity contribution is 8.15. The van der Waals surface area contributed by atoms with E-state index in [2.05, 4.69) is 5.16 Å². The monoisotopic (exact) mass is 457 g/mol. The molecule has 1 aliphatic carbocycles. The molecule has 1 saturated heterocycles. The molecule has 1 unspecified atom stereocenters. The Morgan fingerprint density at radius 1 is 1.00 bits per heavy atom. The smallest absolute Gasteiger partial charge is 0.226 e. The Bertz CT molecular complexity index is 800. The Labute approximate surface area is 195 Å². The van der Waals surface area contributed by atoms with E-state index in [1.807, 2.05) is 30.3 Å². The first-order chi connectivity index (χ1) is 15.6. The highest BCUT2D eigenvalue weighted by Crippen LogP contribution is 2.29. The van der Waals surface area contributed by atoms with Crippen LogP contribution in [0, 0.1) is 5.92 Å². The summed E-state index contributed by atoms with van der Waals surface area (Å²) >= 11 is 0.978. The van der Waals surface area contributed by atoms with Crippen LogP contribution in [0.2, 0.25) is 0 Å². The average Bonchev–Trinajstić information content (AvgIpc) is 3.13. The van der Waals surface area contributed by atoms with E-state index in [0.29, 0.717) is 19.4 Å². The molecule has 3 rings (SSSR count). The van der Waals surface area contributed by atoms with Gasteiger partial charge < -0.3 is 9.94 Å². The number of rotatable bonds is 6. The zero-order valence-electron chi connectivity index (χ0n) is 18.9. The molecular weight excluding hydrogens is 422 g/mol. The Morgan fingerprint density at radius 2 is 1.69 bits per heavy atom. The van der Waals surface area contributed by atoms with E-state index < -0.39 is 0 Å². The summed E-state index contributed by atoms with van der Waals surface area (Å²) in [5.74, 6) is 0.0194. The van der Waals surface area contributed by atoms with Crippen LogP contribution in [0.3, 0.4) is 0 Å². The molecule has 5 nitrogen and oxygen atoms in total. The lowest BCUT2D eigenvalue weighted by molar-refractivity contribution is -0.115. The van der Waals surface area contributed by atoms with Crippen LogP contribution in [0.25, 0.3) is 0 Å². The number of benzene rings is 1. The lowest BCUT2D eigenvalue weighted by Gasteiger charge is -2.20. The maximum Gasteiger partial charge on any atom is 0.226 e. The number of nitrogens with zero attached hydrogens (tertiary/aromatic N) is 1. The highest BCUT2D eigenvalue weighted by atomic mass is 32.2. The third-order valence-corrected chi connectivity index (χ3v) is 7.17. The predicted molar refractivity (Wildman–Crippen MR) is 130 cm³/mol. The first-order valence-corrected chi connectivity index (χ1v) is 13.0. The lowest BCUT2D eigenvalue weighted by atomic mass is 9.87. The van der Waals surface area contributed by atoms with Crippen molar-refractivity contribution in [2.75, 3.05) is 5.75 Å². The summed E-state index contributed by atoms with van der Waals surface area (Å²) in [6.07, 6.45) is 12.6. The van der Waals surface area contributed by atoms with Crippen molar-refractivity contribution in [2.45, 2.75) is 83.7 Å². The zero-order valence-corrected chi connectivity index (χ0v) is 19.7. The second kappa shape index (κ2) is 13.5. The van der Waals surface area contributed by atoms with Gasteiger partial charge in [0.2, 0.25) is 5.12 Å². The predicted octanol–water partition coefficient (Wildman–Crippen LogP) is 6.52. The van der Waals surface area contributed by atoms with Crippen molar-refractivity contribution in [1.29, 1.82) is 0 Å². The maximum absolute atomic E-state index is 12.0. The van der Waals surface area contributed by atoms with Gasteiger partial charge in [-0.1, -0.05) is 92.2 Å². The second-order valence-corrected chi connectivity index (χ2v) is 9.71. The number of carbonyl (C=O) groups is 2. The first kappa shape index (κ1) is 24.6. The zero-order chi connectivity index (χ0) is 22.6. The summed E-state index contributed by atoms with van der Waals surface area (Å²) in [4.78, 5) is 29.7. The Kier molecular flexibility index (Phi) is 10.3. The van der Waals surface area contributed by atoms with Gasteiger partial charge in [-0.25, -0.2) is 0 Å². The fourth-order valence-electron chi connectivity index (χ4n) is 4.43. The molecule has 0 radical (unpaired) electrons. The number of hydrogen-bond donors (Lipinski definition) is 1. The van der Waals surface area contributed by atoms with E-state index in [1.165, 1.54) is 38.5 Å². The maximum atomic E-state index is 12.0. The quantitative estimate of drug-likeness (QED) is 0.228. The van der Waals surface area contributed by atoms with Gasteiger partial charge in [0.05, 0.1) is 11.5 Å². The van der Waals surface area contributed by atoms with Crippen LogP contribution in [0.4, 0.5) is 0 Å². The van der Waals surface area contributed by atoms with E-state index in [4.69, 9.17) is 4.84 Å². The van der Waals surface area contributed by atoms with Gasteiger partial charge in [-0.05, 0) is 31.2 Å². The summed E-state index contributed by atoms with van der Waals surface area (Å²) in [7, 11) is 0. The third kappa shape index (κ3) is 7.80. The molecule has 1 aliphatic heterocycles. The van der Waals surface area contributed by atoms with Crippen LogP contribution in [0.1, 0.15) is 82.6 Å². The van der Waals surface area contributed by atoms with E-state index in [9.17, 15) is 14.7 Å². The van der Waals surface area contributed by atoms with Crippen LogP contribution in [0.5, 0.6) is 0 Å². The van der Waals surface area contributed by atoms with Crippen molar-refractivity contribution >= 4 is 28.4 Å². The summed E-state index contributed by atoms with van der Waals surface area (Å²) < 4.78 is 0. The average molecular weight is 458 g/mol. The molecule has 0 amide bonds. The molecule has 0 aromatic heterocycles. The number of allylic oxidation sites excluding steroid dienone is 1. The summed E-state index contributed by atoms with van der Waals surface area (Å²) in [6.45, 7) is 0.437. The molecule has 0 spiro atoms. The van der Waals surface area contributed by atoms with Crippen molar-refractivity contribution in [3.05, 3.63) is 47.2 Å². The molecule has 6 heteroatoms. The molecule has 32 heavy (non-hydrogen) atoms. The fourth-order valence-corrected chi connectivity index (χ4v) is 5.21. The Morgan fingerprint density at radius 3 is 2.38 bits per heavy atom. The first-order valence-electron chi connectivity index (χ1n) is 12.0. The number of thioether (sulfide) groups is 1. The van der Waals surface area contributed by atoms with Gasteiger partial charge in [-0.2, -0.15) is 0 Å². The molecule has 174 valence electrons. The molecule has 1 saturated carbocycles. The number of ketones is 1. The highest BCUT2D eigenvalue weighted by Gasteiger charge is 2.31. The van der Waals surface area contributed by atoms with Gasteiger partial charge in [0.15, 0.2) is 5.78 Å². The van der Waals surface area contributed by atoms with E-state index in [-0.39, 0.29) is 33.9 Å². The number of oxime groups is 1. The number of hydrogen-bond acceptors (Lipinski definition) is 6. The minimum absolute atomic E-state index is 0.00182. The molecule has 2 fully saturated rings. The van der Waals surface area contributed by atoms with Crippen molar-refractivity contribution in [3.8, 4) is 0 Å². The SMILES string of the molecule is O=C1CSC(=O)C1=C(O)CCC1CCCCCCCCCCC1=NOCc1ccccc1. The summed E-state index contributed by atoms with van der Waals surface area (Å²) in [5.41, 5.74) is 2.14. The molecule has 1 heterocycles. The number of carbonyl (C=O) groups excluding carboxylic acids is 2. The Balaban J connectivity index is 1.70. The standard InChI is InChI=1S/C26H35NO4S/c28-23(25-24(29)19-32-26(25)30)17-16-21-14-10-5-3-1-2-4-6-11-15-22(21)27-31-18-20-12-8-7-9-13-20/h7-9,12-13,21,28H,1-6,10-11,14-19H2. The van der Waals surface area contributed by atoms with Gasteiger partial charge >= 0.3 is 0 Å². The van der Waals surface area contributed by atoms with Crippen LogP contribution >= 0.6 is 11.8 Å². The summed E-state index contributed by atoms with van der Waals surface area (Å²) in [6, 6.07) is 10.0. The minimum atomic E-state index is -0.300. The van der Waals surface area contributed by atoms with Gasteiger partial charge in [0.1, 0.15) is 17.9 Å². The molecule has 1 atom stereocenters. The van der Waals surface area contributed by atoms with E-state index >= 15 is 0 Å². The summed E-state index contributed by atoms with van der Waals surface area (Å²) in [5, 5.41) is 14.8. The van der Waals surface area contributed by atoms with Crippen molar-refractivity contribution in [2.24, 2.45) is 11.1 Å². The van der Waals surface area contributed by atoms with Gasteiger partial charge in [0, 0.05) is 12.3 Å².